The maximum Gasteiger partial charge on any atom is 0.0835 e. The second kappa shape index (κ2) is 4.28. The van der Waals surface area contributed by atoms with Gasteiger partial charge in [0, 0.05) is 12.2 Å². The molecule has 0 atom stereocenters. The normalized spacial score (nSPS) is 10.8. The predicted molar refractivity (Wildman–Crippen MR) is 65.9 cm³/mol. The van der Waals surface area contributed by atoms with Crippen LogP contribution in [-0.2, 0) is 6.54 Å². The molecule has 2 rings (SSSR count). The first-order chi connectivity index (χ1) is 7.61. The maximum absolute atomic E-state index is 6.21. The van der Waals surface area contributed by atoms with Crippen molar-refractivity contribution in [2.24, 2.45) is 5.73 Å². The molecule has 2 N–H and O–H groups in total. The van der Waals surface area contributed by atoms with Gasteiger partial charge in [0.1, 0.15) is 0 Å². The molecule has 4 heteroatoms. The van der Waals surface area contributed by atoms with Gasteiger partial charge < -0.3 is 5.73 Å². The number of halogens is 1. The van der Waals surface area contributed by atoms with E-state index in [4.69, 9.17) is 17.3 Å². The fraction of sp³-hybridized carbons (Fsp3) is 0.250. The summed E-state index contributed by atoms with van der Waals surface area (Å²) in [6.07, 6.45) is 0. The zero-order valence-electron chi connectivity index (χ0n) is 9.37. The molecule has 0 aliphatic rings. The fourth-order valence-electron chi connectivity index (χ4n) is 1.72. The molecule has 0 saturated carbocycles. The minimum atomic E-state index is 0.497. The van der Waals surface area contributed by atoms with Crippen LogP contribution in [0.4, 0.5) is 0 Å². The largest absolute Gasteiger partial charge is 0.326 e. The van der Waals surface area contributed by atoms with Crippen LogP contribution in [0.15, 0.2) is 24.3 Å². The highest BCUT2D eigenvalue weighted by Crippen LogP contribution is 2.23. The van der Waals surface area contributed by atoms with Crippen LogP contribution in [0.5, 0.6) is 0 Å². The average Bonchev–Trinajstić information content (AvgIpc) is 2.57. The summed E-state index contributed by atoms with van der Waals surface area (Å²) in [5.41, 5.74) is 9.53. The van der Waals surface area contributed by atoms with E-state index < -0.39 is 0 Å². The van der Waals surface area contributed by atoms with Gasteiger partial charge in [-0.2, -0.15) is 5.10 Å². The molecule has 3 nitrogen and oxygen atoms in total. The molecule has 1 aromatic heterocycles. The van der Waals surface area contributed by atoms with Crippen molar-refractivity contribution in [2.75, 3.05) is 0 Å². The van der Waals surface area contributed by atoms with Crippen LogP contribution in [0, 0.1) is 13.8 Å². The lowest BCUT2D eigenvalue weighted by Gasteiger charge is -2.08. The van der Waals surface area contributed by atoms with E-state index in [9.17, 15) is 0 Å². The highest BCUT2D eigenvalue weighted by Gasteiger charge is 2.07. The Bertz CT molecular complexity index is 517. The first kappa shape index (κ1) is 11.2. The van der Waals surface area contributed by atoms with Gasteiger partial charge in [-0.1, -0.05) is 17.7 Å². The molecule has 1 aromatic carbocycles. The summed E-state index contributed by atoms with van der Waals surface area (Å²) in [7, 11) is 0. The third-order valence-corrected chi connectivity index (χ3v) is 2.79. The van der Waals surface area contributed by atoms with E-state index in [0.29, 0.717) is 11.6 Å². The number of benzene rings is 1. The van der Waals surface area contributed by atoms with Crippen LogP contribution in [0.3, 0.4) is 0 Å². The van der Waals surface area contributed by atoms with E-state index in [0.717, 1.165) is 22.6 Å². The quantitative estimate of drug-likeness (QED) is 0.870. The summed E-state index contributed by atoms with van der Waals surface area (Å²) in [4.78, 5) is 0. The molecule has 84 valence electrons. The van der Waals surface area contributed by atoms with E-state index in [-0.39, 0.29) is 0 Å². The number of nitrogens with two attached hydrogens (primary N) is 1. The summed E-state index contributed by atoms with van der Waals surface area (Å²) < 4.78 is 1.85. The van der Waals surface area contributed by atoms with Crippen molar-refractivity contribution in [3.63, 3.8) is 0 Å². The number of hydrogen-bond acceptors (Lipinski definition) is 2. The summed E-state index contributed by atoms with van der Waals surface area (Å²) in [6, 6.07) is 7.82. The van der Waals surface area contributed by atoms with Crippen LogP contribution in [0.1, 0.15) is 17.0 Å². The van der Waals surface area contributed by atoms with E-state index in [1.54, 1.807) is 0 Å². The molecule has 0 radical (unpaired) electrons. The van der Waals surface area contributed by atoms with Gasteiger partial charge in [0.25, 0.3) is 0 Å². The van der Waals surface area contributed by atoms with Crippen molar-refractivity contribution in [1.82, 2.24) is 9.78 Å². The molecule has 2 aromatic rings. The van der Waals surface area contributed by atoms with Crippen molar-refractivity contribution in [1.29, 1.82) is 0 Å². The van der Waals surface area contributed by atoms with Gasteiger partial charge in [0.2, 0.25) is 0 Å². The van der Waals surface area contributed by atoms with Crippen molar-refractivity contribution < 1.29 is 0 Å². The lowest BCUT2D eigenvalue weighted by molar-refractivity contribution is 0.832. The number of aromatic nitrogens is 2. The molecule has 1 heterocycles. The minimum Gasteiger partial charge on any atom is -0.326 e. The topological polar surface area (TPSA) is 43.8 Å². The van der Waals surface area contributed by atoms with Gasteiger partial charge in [-0.25, -0.2) is 4.68 Å². The predicted octanol–water partition coefficient (Wildman–Crippen LogP) is 2.60. The molecular formula is C12H14ClN3. The molecule has 0 fully saturated rings. The number of hydrogen-bond donors (Lipinski definition) is 1. The Balaban J connectivity index is 2.52. The summed E-state index contributed by atoms with van der Waals surface area (Å²) in [5, 5.41) is 5.07. The lowest BCUT2D eigenvalue weighted by atomic mass is 10.2. The van der Waals surface area contributed by atoms with Crippen LogP contribution in [0.25, 0.3) is 5.69 Å². The van der Waals surface area contributed by atoms with Crippen molar-refractivity contribution in [2.45, 2.75) is 20.4 Å². The molecular weight excluding hydrogens is 222 g/mol. The van der Waals surface area contributed by atoms with Crippen LogP contribution < -0.4 is 5.73 Å². The van der Waals surface area contributed by atoms with Gasteiger partial charge in [-0.3, -0.25) is 0 Å². The monoisotopic (exact) mass is 235 g/mol. The molecule has 0 bridgehead atoms. The second-order valence-electron chi connectivity index (χ2n) is 3.83. The fourth-order valence-corrected chi connectivity index (χ4v) is 2.01. The number of rotatable bonds is 2. The van der Waals surface area contributed by atoms with Gasteiger partial charge in [-0.15, -0.1) is 0 Å². The average molecular weight is 236 g/mol. The Morgan fingerprint density at radius 1 is 1.31 bits per heavy atom. The van der Waals surface area contributed by atoms with Crippen molar-refractivity contribution in [3.05, 3.63) is 46.2 Å². The van der Waals surface area contributed by atoms with E-state index in [1.165, 1.54) is 0 Å². The zero-order valence-corrected chi connectivity index (χ0v) is 10.1. The standard InChI is InChI=1S/C12H14ClN3/c1-8-5-9(2)16(15-8)12-4-3-10(7-14)6-11(12)13/h3-6H,7,14H2,1-2H3. The summed E-state index contributed by atoms with van der Waals surface area (Å²) >= 11 is 6.21. The van der Waals surface area contributed by atoms with Crippen molar-refractivity contribution in [3.8, 4) is 5.69 Å². The second-order valence-corrected chi connectivity index (χ2v) is 4.24. The SMILES string of the molecule is Cc1cc(C)n(-c2ccc(CN)cc2Cl)n1. The van der Waals surface area contributed by atoms with Gasteiger partial charge in [0.15, 0.2) is 0 Å². The van der Waals surface area contributed by atoms with Crippen LogP contribution >= 0.6 is 11.6 Å². The molecule has 0 saturated heterocycles. The molecule has 0 aliphatic carbocycles. The highest BCUT2D eigenvalue weighted by atomic mass is 35.5. The van der Waals surface area contributed by atoms with Crippen molar-refractivity contribution >= 4 is 11.6 Å². The Morgan fingerprint density at radius 3 is 2.56 bits per heavy atom. The molecule has 16 heavy (non-hydrogen) atoms. The summed E-state index contributed by atoms with van der Waals surface area (Å²) in [5.74, 6) is 0. The Hall–Kier alpha value is -1.32. The summed E-state index contributed by atoms with van der Waals surface area (Å²) in [6.45, 7) is 4.47. The maximum atomic E-state index is 6.21. The molecule has 0 unspecified atom stereocenters. The smallest absolute Gasteiger partial charge is 0.0835 e. The molecule has 0 spiro atoms. The zero-order chi connectivity index (χ0) is 11.7. The van der Waals surface area contributed by atoms with Gasteiger partial charge in [0.05, 0.1) is 16.4 Å². The first-order valence-electron chi connectivity index (χ1n) is 5.14. The third kappa shape index (κ3) is 1.96. The molecule has 0 amide bonds. The van der Waals surface area contributed by atoms with Gasteiger partial charge >= 0.3 is 0 Å². The lowest BCUT2D eigenvalue weighted by Crippen LogP contribution is -2.02. The van der Waals surface area contributed by atoms with E-state index >= 15 is 0 Å². The van der Waals surface area contributed by atoms with E-state index in [1.807, 2.05) is 42.8 Å². The third-order valence-electron chi connectivity index (χ3n) is 2.49. The Morgan fingerprint density at radius 2 is 2.06 bits per heavy atom. The Labute approximate surface area is 99.8 Å². The number of nitrogens with zero attached hydrogens (tertiary/aromatic N) is 2. The number of aryl methyl sites for hydroxylation is 2. The minimum absolute atomic E-state index is 0.497. The first-order valence-corrected chi connectivity index (χ1v) is 5.51. The van der Waals surface area contributed by atoms with Crippen LogP contribution in [-0.4, -0.2) is 9.78 Å². The Kier molecular flexibility index (Phi) is 2.99. The van der Waals surface area contributed by atoms with Crippen LogP contribution in [0.2, 0.25) is 5.02 Å². The highest BCUT2D eigenvalue weighted by molar-refractivity contribution is 6.32. The van der Waals surface area contributed by atoms with E-state index in [2.05, 4.69) is 5.10 Å². The van der Waals surface area contributed by atoms with Gasteiger partial charge in [-0.05, 0) is 37.6 Å². The molecule has 0 aliphatic heterocycles.